The Morgan fingerprint density at radius 1 is 1.26 bits per heavy atom. The van der Waals surface area contributed by atoms with Crippen LogP contribution in [0.3, 0.4) is 0 Å². The van der Waals surface area contributed by atoms with Gasteiger partial charge in [-0.1, -0.05) is 5.92 Å². The van der Waals surface area contributed by atoms with E-state index in [1.54, 1.807) is 13.1 Å². The van der Waals surface area contributed by atoms with E-state index in [2.05, 4.69) is 26.8 Å². The SMILES string of the molecule is CC#CCn1c(N2CCCCC2)nc2cnn(CC#N)c(=O)c21. The third kappa shape index (κ3) is 2.78. The fourth-order valence-corrected chi connectivity index (χ4v) is 2.90. The van der Waals surface area contributed by atoms with E-state index < -0.39 is 0 Å². The molecule has 0 aromatic carbocycles. The topological polar surface area (TPSA) is 79.7 Å². The van der Waals surface area contributed by atoms with Crippen molar-refractivity contribution in [2.24, 2.45) is 0 Å². The number of piperidine rings is 1. The van der Waals surface area contributed by atoms with E-state index in [1.807, 2.05) is 10.6 Å². The second-order valence-electron chi connectivity index (χ2n) is 5.47. The van der Waals surface area contributed by atoms with Crippen molar-refractivity contribution in [3.63, 3.8) is 0 Å². The van der Waals surface area contributed by atoms with Gasteiger partial charge in [-0.3, -0.25) is 9.36 Å². The Morgan fingerprint density at radius 3 is 2.74 bits per heavy atom. The number of nitrogens with zero attached hydrogens (tertiary/aromatic N) is 6. The molecular formula is C16H18N6O. The summed E-state index contributed by atoms with van der Waals surface area (Å²) in [7, 11) is 0. The van der Waals surface area contributed by atoms with Crippen molar-refractivity contribution in [1.82, 2.24) is 19.3 Å². The van der Waals surface area contributed by atoms with Gasteiger partial charge in [0.2, 0.25) is 5.95 Å². The van der Waals surface area contributed by atoms with Crippen molar-refractivity contribution in [3.05, 3.63) is 16.6 Å². The molecule has 1 saturated heterocycles. The standard InChI is InChI=1S/C16H18N6O/c1-2-3-10-21-14-13(12-18-22(11-7-17)15(14)23)19-16(21)20-8-5-4-6-9-20/h12H,4-6,8-11H2,1H3. The third-order valence-electron chi connectivity index (χ3n) is 4.00. The van der Waals surface area contributed by atoms with E-state index in [0.29, 0.717) is 17.6 Å². The Hall–Kier alpha value is -2.80. The van der Waals surface area contributed by atoms with Crippen LogP contribution in [-0.2, 0) is 13.1 Å². The summed E-state index contributed by atoms with van der Waals surface area (Å²) < 4.78 is 3.02. The molecule has 0 spiro atoms. The van der Waals surface area contributed by atoms with Gasteiger partial charge in [0.25, 0.3) is 5.56 Å². The number of anilines is 1. The molecule has 0 bridgehead atoms. The highest BCUT2D eigenvalue weighted by atomic mass is 16.1. The van der Waals surface area contributed by atoms with Gasteiger partial charge in [0, 0.05) is 13.1 Å². The first-order valence-corrected chi connectivity index (χ1v) is 7.74. The maximum absolute atomic E-state index is 12.6. The minimum atomic E-state index is -0.294. The van der Waals surface area contributed by atoms with E-state index in [4.69, 9.17) is 5.26 Å². The van der Waals surface area contributed by atoms with E-state index >= 15 is 0 Å². The van der Waals surface area contributed by atoms with Crippen LogP contribution >= 0.6 is 0 Å². The molecule has 3 rings (SSSR count). The summed E-state index contributed by atoms with van der Waals surface area (Å²) in [4.78, 5) is 19.4. The van der Waals surface area contributed by atoms with Crippen LogP contribution in [0.15, 0.2) is 11.0 Å². The summed E-state index contributed by atoms with van der Waals surface area (Å²) in [6, 6.07) is 1.95. The molecule has 0 amide bonds. The van der Waals surface area contributed by atoms with Gasteiger partial charge in [-0.25, -0.2) is 9.67 Å². The second kappa shape index (κ2) is 6.53. The quantitative estimate of drug-likeness (QED) is 0.794. The van der Waals surface area contributed by atoms with Crippen molar-refractivity contribution in [3.8, 4) is 17.9 Å². The minimum Gasteiger partial charge on any atom is -0.342 e. The van der Waals surface area contributed by atoms with Gasteiger partial charge in [-0.2, -0.15) is 10.4 Å². The number of rotatable bonds is 3. The van der Waals surface area contributed by atoms with Crippen molar-refractivity contribution < 1.29 is 0 Å². The molecule has 1 aliphatic rings. The fraction of sp³-hybridized carbons (Fsp3) is 0.500. The lowest BCUT2D eigenvalue weighted by Crippen LogP contribution is -2.32. The molecule has 7 nitrogen and oxygen atoms in total. The second-order valence-corrected chi connectivity index (χ2v) is 5.47. The predicted molar refractivity (Wildman–Crippen MR) is 86.9 cm³/mol. The first kappa shape index (κ1) is 15.1. The number of fused-ring (bicyclic) bond motifs is 1. The van der Waals surface area contributed by atoms with Crippen molar-refractivity contribution >= 4 is 17.0 Å². The average Bonchev–Trinajstić information content (AvgIpc) is 2.96. The van der Waals surface area contributed by atoms with Crippen LogP contribution in [0.2, 0.25) is 0 Å². The first-order chi connectivity index (χ1) is 11.3. The van der Waals surface area contributed by atoms with E-state index in [9.17, 15) is 4.79 Å². The van der Waals surface area contributed by atoms with E-state index in [1.165, 1.54) is 11.1 Å². The molecule has 0 aliphatic carbocycles. The van der Waals surface area contributed by atoms with Crippen LogP contribution in [0.5, 0.6) is 0 Å². The molecule has 0 N–H and O–H groups in total. The number of aromatic nitrogens is 4. The van der Waals surface area contributed by atoms with Crippen LogP contribution in [0.1, 0.15) is 26.2 Å². The monoisotopic (exact) mass is 310 g/mol. The highest BCUT2D eigenvalue weighted by Crippen LogP contribution is 2.23. The van der Waals surface area contributed by atoms with Crippen molar-refractivity contribution in [2.45, 2.75) is 39.3 Å². The molecule has 1 fully saturated rings. The van der Waals surface area contributed by atoms with Gasteiger partial charge in [-0.15, -0.1) is 5.92 Å². The van der Waals surface area contributed by atoms with Gasteiger partial charge in [0.15, 0.2) is 0 Å². The van der Waals surface area contributed by atoms with Crippen molar-refractivity contribution in [2.75, 3.05) is 18.0 Å². The number of hydrogen-bond acceptors (Lipinski definition) is 5. The highest BCUT2D eigenvalue weighted by molar-refractivity contribution is 5.77. The van der Waals surface area contributed by atoms with Crippen LogP contribution < -0.4 is 10.5 Å². The largest absolute Gasteiger partial charge is 0.342 e. The van der Waals surface area contributed by atoms with Gasteiger partial charge >= 0.3 is 0 Å². The van der Waals surface area contributed by atoms with Gasteiger partial charge in [-0.05, 0) is 26.2 Å². The van der Waals surface area contributed by atoms with Crippen LogP contribution in [0.25, 0.3) is 11.0 Å². The Bertz CT molecular complexity index is 870. The van der Waals surface area contributed by atoms with Crippen LogP contribution in [0.4, 0.5) is 5.95 Å². The molecule has 0 atom stereocenters. The summed E-state index contributed by atoms with van der Waals surface area (Å²) in [5.74, 6) is 6.65. The molecule has 0 saturated carbocycles. The summed E-state index contributed by atoms with van der Waals surface area (Å²) in [6.45, 7) is 3.98. The lowest BCUT2D eigenvalue weighted by Gasteiger charge is -2.27. The van der Waals surface area contributed by atoms with Gasteiger partial charge < -0.3 is 4.90 Å². The van der Waals surface area contributed by atoms with E-state index in [0.717, 1.165) is 31.9 Å². The van der Waals surface area contributed by atoms with Crippen molar-refractivity contribution in [1.29, 1.82) is 5.26 Å². The summed E-state index contributed by atoms with van der Waals surface area (Å²) >= 11 is 0. The molecule has 118 valence electrons. The zero-order valence-electron chi connectivity index (χ0n) is 13.1. The average molecular weight is 310 g/mol. The summed E-state index contributed by atoms with van der Waals surface area (Å²) in [6.07, 6.45) is 5.03. The summed E-state index contributed by atoms with van der Waals surface area (Å²) in [5, 5.41) is 12.9. The molecule has 0 unspecified atom stereocenters. The molecule has 7 heteroatoms. The maximum atomic E-state index is 12.6. The predicted octanol–water partition coefficient (Wildman–Crippen LogP) is 1.13. The van der Waals surface area contributed by atoms with Crippen LogP contribution in [-0.4, -0.2) is 32.4 Å². The Kier molecular flexibility index (Phi) is 4.29. The molecular weight excluding hydrogens is 292 g/mol. The molecule has 1 aliphatic heterocycles. The van der Waals surface area contributed by atoms with E-state index in [-0.39, 0.29) is 12.1 Å². The minimum absolute atomic E-state index is 0.0710. The zero-order valence-corrected chi connectivity index (χ0v) is 13.1. The molecule has 3 heterocycles. The molecule has 2 aromatic rings. The van der Waals surface area contributed by atoms with Gasteiger partial charge in [0.1, 0.15) is 17.6 Å². The first-order valence-electron chi connectivity index (χ1n) is 7.74. The molecule has 0 radical (unpaired) electrons. The number of imidazole rings is 1. The smallest absolute Gasteiger partial charge is 0.294 e. The normalized spacial score (nSPS) is 14.3. The molecule has 23 heavy (non-hydrogen) atoms. The van der Waals surface area contributed by atoms with Crippen LogP contribution in [0, 0.1) is 23.2 Å². The Labute approximate surface area is 134 Å². The third-order valence-corrected chi connectivity index (χ3v) is 4.00. The number of nitriles is 1. The zero-order chi connectivity index (χ0) is 16.2. The number of hydrogen-bond donors (Lipinski definition) is 0. The lowest BCUT2D eigenvalue weighted by atomic mass is 10.1. The lowest BCUT2D eigenvalue weighted by molar-refractivity contribution is 0.561. The Morgan fingerprint density at radius 2 is 2.04 bits per heavy atom. The summed E-state index contributed by atoms with van der Waals surface area (Å²) in [5.41, 5.74) is 0.735. The highest BCUT2D eigenvalue weighted by Gasteiger charge is 2.21. The molecule has 2 aromatic heterocycles. The van der Waals surface area contributed by atoms with Gasteiger partial charge in [0.05, 0.1) is 18.8 Å². The fourth-order valence-electron chi connectivity index (χ4n) is 2.90. The Balaban J connectivity index is 2.18. The maximum Gasteiger partial charge on any atom is 0.294 e.